The standard InChI is InChI=1S/C31H28ClNO6/c1-17(2)16-38-23-10-8-22(9-11-23)33-27(19-7-5-6-18(3)12-19)26(29(35)31(33)36)28(34)24-14-20-13-21(32)15-25(37-4)30(20)39-24/h5-15,17,27,35H,16H2,1-4H3. The summed E-state index contributed by atoms with van der Waals surface area (Å²) in [5.41, 5.74) is 2.40. The number of nitrogens with zero attached hydrogens (tertiary/aromatic N) is 1. The first-order valence-electron chi connectivity index (χ1n) is 12.6. The molecule has 7 nitrogen and oxygen atoms in total. The molecule has 0 spiro atoms. The van der Waals surface area contributed by atoms with Gasteiger partial charge in [0.25, 0.3) is 5.91 Å². The van der Waals surface area contributed by atoms with E-state index in [1.807, 2.05) is 31.2 Å². The summed E-state index contributed by atoms with van der Waals surface area (Å²) in [6.07, 6.45) is 0. The van der Waals surface area contributed by atoms with Gasteiger partial charge in [0.2, 0.25) is 5.78 Å². The molecule has 4 aromatic rings. The van der Waals surface area contributed by atoms with E-state index in [0.29, 0.717) is 51.3 Å². The van der Waals surface area contributed by atoms with Crippen LogP contribution in [0.1, 0.15) is 41.6 Å². The van der Waals surface area contributed by atoms with Gasteiger partial charge >= 0.3 is 0 Å². The topological polar surface area (TPSA) is 89.2 Å². The van der Waals surface area contributed by atoms with Crippen LogP contribution in [0.5, 0.6) is 11.5 Å². The van der Waals surface area contributed by atoms with E-state index >= 15 is 0 Å². The Balaban J connectivity index is 1.59. The summed E-state index contributed by atoms with van der Waals surface area (Å²) >= 11 is 6.20. The number of carbonyl (C=O) groups is 2. The van der Waals surface area contributed by atoms with Gasteiger partial charge in [-0.05, 0) is 54.8 Å². The smallest absolute Gasteiger partial charge is 0.294 e. The molecule has 2 heterocycles. The second-order valence-corrected chi connectivity index (χ2v) is 10.4. The van der Waals surface area contributed by atoms with E-state index in [2.05, 4.69) is 13.8 Å². The zero-order valence-corrected chi connectivity index (χ0v) is 22.8. The van der Waals surface area contributed by atoms with Crippen molar-refractivity contribution >= 4 is 39.9 Å². The van der Waals surface area contributed by atoms with Gasteiger partial charge in [0.15, 0.2) is 22.9 Å². The second-order valence-electron chi connectivity index (χ2n) is 9.92. The lowest BCUT2D eigenvalue weighted by molar-refractivity contribution is -0.117. The Bertz CT molecular complexity index is 1600. The van der Waals surface area contributed by atoms with Gasteiger partial charge in [0.05, 0.1) is 25.3 Å². The van der Waals surface area contributed by atoms with Gasteiger partial charge in [-0.15, -0.1) is 0 Å². The Morgan fingerprint density at radius 1 is 1.10 bits per heavy atom. The number of hydrogen-bond donors (Lipinski definition) is 1. The van der Waals surface area contributed by atoms with Crippen LogP contribution in [0, 0.1) is 12.8 Å². The van der Waals surface area contributed by atoms with Crippen molar-refractivity contribution in [2.45, 2.75) is 26.8 Å². The van der Waals surface area contributed by atoms with Crippen molar-refractivity contribution in [2.75, 3.05) is 18.6 Å². The molecule has 0 bridgehead atoms. The van der Waals surface area contributed by atoms with Gasteiger partial charge in [-0.1, -0.05) is 55.3 Å². The first-order chi connectivity index (χ1) is 18.7. The molecule has 1 aromatic heterocycles. The highest BCUT2D eigenvalue weighted by Crippen LogP contribution is 2.43. The average Bonchev–Trinajstić information content (AvgIpc) is 3.45. The Hall–Kier alpha value is -4.23. The fourth-order valence-corrected chi connectivity index (χ4v) is 4.92. The maximum absolute atomic E-state index is 13.9. The van der Waals surface area contributed by atoms with Crippen LogP contribution in [0.15, 0.2) is 82.5 Å². The number of furan rings is 1. The molecule has 1 amide bonds. The van der Waals surface area contributed by atoms with Gasteiger partial charge in [-0.2, -0.15) is 0 Å². The molecule has 1 unspecified atom stereocenters. The number of Topliss-reactive ketones (excluding diaryl/α,β-unsaturated/α-hetero) is 1. The fraction of sp³-hybridized carbons (Fsp3) is 0.226. The lowest BCUT2D eigenvalue weighted by atomic mass is 9.94. The number of aliphatic hydroxyl groups is 1. The van der Waals surface area contributed by atoms with Crippen LogP contribution in [-0.2, 0) is 4.79 Å². The lowest BCUT2D eigenvalue weighted by Crippen LogP contribution is -2.31. The number of anilines is 1. The number of aryl methyl sites for hydroxylation is 1. The van der Waals surface area contributed by atoms with E-state index in [-0.39, 0.29) is 11.3 Å². The van der Waals surface area contributed by atoms with Crippen molar-refractivity contribution in [2.24, 2.45) is 5.92 Å². The molecule has 0 fully saturated rings. The van der Waals surface area contributed by atoms with Crippen molar-refractivity contribution in [1.29, 1.82) is 0 Å². The number of methoxy groups -OCH3 is 1. The largest absolute Gasteiger partial charge is 0.503 e. The predicted octanol–water partition coefficient (Wildman–Crippen LogP) is 7.22. The highest BCUT2D eigenvalue weighted by atomic mass is 35.5. The molecular weight excluding hydrogens is 518 g/mol. The number of halogens is 1. The maximum Gasteiger partial charge on any atom is 0.294 e. The number of hydrogen-bond acceptors (Lipinski definition) is 6. The third-order valence-corrected chi connectivity index (χ3v) is 6.72. The summed E-state index contributed by atoms with van der Waals surface area (Å²) < 4.78 is 17.0. The van der Waals surface area contributed by atoms with Crippen molar-refractivity contribution in [1.82, 2.24) is 0 Å². The van der Waals surface area contributed by atoms with Crippen molar-refractivity contribution in [3.8, 4) is 11.5 Å². The number of fused-ring (bicyclic) bond motifs is 1. The lowest BCUT2D eigenvalue weighted by Gasteiger charge is -2.27. The highest BCUT2D eigenvalue weighted by Gasteiger charge is 2.45. The Morgan fingerprint density at radius 3 is 2.51 bits per heavy atom. The molecule has 1 aliphatic heterocycles. The SMILES string of the molecule is COc1cc(Cl)cc2cc(C(=O)C3=C(O)C(=O)N(c4ccc(OCC(C)C)cc4)C3c3cccc(C)c3)oc12. The van der Waals surface area contributed by atoms with Crippen LogP contribution in [0.25, 0.3) is 11.0 Å². The minimum absolute atomic E-state index is 0.0446. The number of benzene rings is 3. The van der Waals surface area contributed by atoms with Gasteiger partial charge in [-0.3, -0.25) is 14.5 Å². The molecule has 1 atom stereocenters. The molecule has 0 aliphatic carbocycles. The van der Waals surface area contributed by atoms with Gasteiger partial charge in [0.1, 0.15) is 5.75 Å². The van der Waals surface area contributed by atoms with Crippen LogP contribution < -0.4 is 14.4 Å². The van der Waals surface area contributed by atoms with Crippen molar-refractivity contribution < 1.29 is 28.6 Å². The molecule has 0 saturated heterocycles. The Labute approximate surface area is 231 Å². The molecule has 3 aromatic carbocycles. The van der Waals surface area contributed by atoms with Gasteiger partial charge < -0.3 is 19.0 Å². The number of ether oxygens (including phenoxy) is 2. The average molecular weight is 546 g/mol. The summed E-state index contributed by atoms with van der Waals surface area (Å²) in [5.74, 6) is -0.574. The molecule has 1 N–H and O–H groups in total. The minimum Gasteiger partial charge on any atom is -0.503 e. The predicted molar refractivity (Wildman–Crippen MR) is 150 cm³/mol. The molecule has 39 heavy (non-hydrogen) atoms. The normalized spacial score (nSPS) is 15.5. The first-order valence-corrected chi connectivity index (χ1v) is 12.9. The Kier molecular flexibility index (Phi) is 7.10. The summed E-state index contributed by atoms with van der Waals surface area (Å²) in [5, 5.41) is 12.1. The molecule has 0 radical (unpaired) electrons. The quantitative estimate of drug-likeness (QED) is 0.235. The van der Waals surface area contributed by atoms with E-state index in [9.17, 15) is 14.7 Å². The molecule has 200 valence electrons. The monoisotopic (exact) mass is 545 g/mol. The Morgan fingerprint density at radius 2 is 1.85 bits per heavy atom. The third kappa shape index (κ3) is 4.98. The zero-order chi connectivity index (χ0) is 27.8. The second kappa shape index (κ2) is 10.5. The van der Waals surface area contributed by atoms with Crippen LogP contribution >= 0.6 is 11.6 Å². The van der Waals surface area contributed by atoms with E-state index in [0.717, 1.165) is 5.56 Å². The van der Waals surface area contributed by atoms with Crippen molar-refractivity contribution in [3.63, 3.8) is 0 Å². The molecule has 5 rings (SSSR count). The van der Waals surface area contributed by atoms with Crippen molar-refractivity contribution in [3.05, 3.63) is 100.0 Å². The molecule has 0 saturated carbocycles. The number of amides is 1. The fourth-order valence-electron chi connectivity index (χ4n) is 4.71. The number of aliphatic hydroxyl groups excluding tert-OH is 1. The molecular formula is C31H28ClNO6. The zero-order valence-electron chi connectivity index (χ0n) is 22.0. The molecule has 1 aliphatic rings. The summed E-state index contributed by atoms with van der Waals surface area (Å²) in [6.45, 7) is 6.60. The van der Waals surface area contributed by atoms with E-state index in [4.69, 9.17) is 25.5 Å². The highest BCUT2D eigenvalue weighted by molar-refractivity contribution is 6.31. The van der Waals surface area contributed by atoms with Gasteiger partial charge in [-0.25, -0.2) is 0 Å². The van der Waals surface area contributed by atoms with Crippen LogP contribution in [0.4, 0.5) is 5.69 Å². The van der Waals surface area contributed by atoms with Crippen LogP contribution in [0.3, 0.4) is 0 Å². The third-order valence-electron chi connectivity index (χ3n) is 6.50. The van der Waals surface area contributed by atoms with E-state index in [1.165, 1.54) is 18.1 Å². The first kappa shape index (κ1) is 26.4. The summed E-state index contributed by atoms with van der Waals surface area (Å²) in [7, 11) is 1.48. The van der Waals surface area contributed by atoms with E-state index < -0.39 is 23.5 Å². The number of carbonyl (C=O) groups excluding carboxylic acids is 2. The number of ketones is 1. The number of rotatable bonds is 8. The van der Waals surface area contributed by atoms with Crippen LogP contribution in [-0.4, -0.2) is 30.5 Å². The molecule has 8 heteroatoms. The maximum atomic E-state index is 13.9. The van der Waals surface area contributed by atoms with Crippen LogP contribution in [0.2, 0.25) is 5.02 Å². The van der Waals surface area contributed by atoms with Gasteiger partial charge in [0, 0.05) is 22.2 Å². The summed E-state index contributed by atoms with van der Waals surface area (Å²) in [6, 6.07) is 18.4. The summed E-state index contributed by atoms with van der Waals surface area (Å²) in [4.78, 5) is 28.8. The minimum atomic E-state index is -0.883. The van der Waals surface area contributed by atoms with E-state index in [1.54, 1.807) is 36.4 Å².